The molecule has 9 heteroatoms. The second kappa shape index (κ2) is 9.80. The molecule has 1 aliphatic rings. The van der Waals surface area contributed by atoms with Gasteiger partial charge in [-0.25, -0.2) is 9.37 Å². The van der Waals surface area contributed by atoms with Gasteiger partial charge < -0.3 is 23.6 Å². The van der Waals surface area contributed by atoms with Crippen molar-refractivity contribution in [3.8, 4) is 11.5 Å². The largest absolute Gasteiger partial charge is 0.467 e. The van der Waals surface area contributed by atoms with Gasteiger partial charge in [-0.3, -0.25) is 9.69 Å². The summed E-state index contributed by atoms with van der Waals surface area (Å²) in [5.74, 6) is 1.70. The predicted molar refractivity (Wildman–Crippen MR) is 118 cm³/mol. The lowest BCUT2D eigenvalue weighted by Crippen LogP contribution is -2.24. The monoisotopic (exact) mass is 463 g/mol. The van der Waals surface area contributed by atoms with Crippen LogP contribution < -0.4 is 14.8 Å². The number of furan rings is 1. The third-order valence-corrected chi connectivity index (χ3v) is 5.34. The summed E-state index contributed by atoms with van der Waals surface area (Å²) >= 11 is 0. The number of oxazole rings is 1. The summed E-state index contributed by atoms with van der Waals surface area (Å²) in [4.78, 5) is 18.7. The number of halogens is 1. The number of nitrogens with one attached hydrogen (secondary N) is 1. The minimum absolute atomic E-state index is 0.162. The minimum Gasteiger partial charge on any atom is -0.467 e. The van der Waals surface area contributed by atoms with Crippen molar-refractivity contribution < 1.29 is 27.5 Å². The Kier molecular flexibility index (Phi) is 6.26. The minimum atomic E-state index is -0.372. The lowest BCUT2D eigenvalue weighted by Gasteiger charge is -2.21. The van der Waals surface area contributed by atoms with E-state index in [0.29, 0.717) is 41.8 Å². The summed E-state index contributed by atoms with van der Waals surface area (Å²) < 4.78 is 36.0. The molecule has 0 saturated heterocycles. The van der Waals surface area contributed by atoms with Crippen molar-refractivity contribution in [2.75, 3.05) is 6.79 Å². The summed E-state index contributed by atoms with van der Waals surface area (Å²) in [6.45, 7) is 1.52. The predicted octanol–water partition coefficient (Wildman–Crippen LogP) is 4.27. The number of hydrogen-bond donors (Lipinski definition) is 1. The quantitative estimate of drug-likeness (QED) is 0.397. The highest BCUT2D eigenvalue weighted by Crippen LogP contribution is 2.33. The molecular weight excluding hydrogens is 441 g/mol. The number of aromatic nitrogens is 1. The fourth-order valence-electron chi connectivity index (χ4n) is 3.68. The molecular formula is C25H22FN3O5. The summed E-state index contributed by atoms with van der Waals surface area (Å²) in [5.41, 5.74) is 1.67. The molecule has 1 aliphatic heterocycles. The van der Waals surface area contributed by atoms with Crippen molar-refractivity contribution in [3.05, 3.63) is 101 Å². The Morgan fingerprint density at radius 2 is 1.88 bits per heavy atom. The normalized spacial score (nSPS) is 12.3. The Morgan fingerprint density at radius 3 is 2.74 bits per heavy atom. The van der Waals surface area contributed by atoms with Gasteiger partial charge in [0.1, 0.15) is 17.8 Å². The molecule has 174 valence electrons. The molecule has 0 atom stereocenters. The van der Waals surface area contributed by atoms with Crippen LogP contribution in [0.1, 0.15) is 33.3 Å². The van der Waals surface area contributed by atoms with Crippen LogP contribution in [0.15, 0.2) is 76.0 Å². The fraction of sp³-hybridized carbons (Fsp3) is 0.200. The highest BCUT2D eigenvalue weighted by Gasteiger charge is 2.19. The van der Waals surface area contributed by atoms with E-state index in [2.05, 4.69) is 10.3 Å². The number of hydrogen-bond acceptors (Lipinski definition) is 7. The molecule has 2 aromatic heterocycles. The van der Waals surface area contributed by atoms with Gasteiger partial charge in [0, 0.05) is 18.7 Å². The van der Waals surface area contributed by atoms with E-state index in [9.17, 15) is 9.18 Å². The maximum atomic E-state index is 14.4. The second-order valence-electron chi connectivity index (χ2n) is 7.81. The van der Waals surface area contributed by atoms with Gasteiger partial charge in [0.05, 0.1) is 19.4 Å². The molecule has 1 N–H and O–H groups in total. The van der Waals surface area contributed by atoms with Gasteiger partial charge in [-0.1, -0.05) is 24.3 Å². The van der Waals surface area contributed by atoms with Gasteiger partial charge in [-0.2, -0.15) is 0 Å². The molecule has 0 bridgehead atoms. The first-order valence-electron chi connectivity index (χ1n) is 10.7. The Labute approximate surface area is 194 Å². The zero-order chi connectivity index (χ0) is 23.3. The standard InChI is InChI=1S/C25H22FN3O5/c26-20-6-2-1-4-18(20)13-29(12-17-7-8-22-23(10-17)34-16-33-22)14-24-28-21(15-32-24)25(30)27-11-19-5-3-9-31-19/h1-10,15H,11-14,16H2,(H,27,30). The number of amides is 1. The maximum Gasteiger partial charge on any atom is 0.273 e. The van der Waals surface area contributed by atoms with Crippen LogP contribution in [0.3, 0.4) is 0 Å². The molecule has 34 heavy (non-hydrogen) atoms. The van der Waals surface area contributed by atoms with Crippen molar-refractivity contribution >= 4 is 5.91 Å². The summed E-state index contributed by atoms with van der Waals surface area (Å²) in [7, 11) is 0. The topological polar surface area (TPSA) is 90.0 Å². The van der Waals surface area contributed by atoms with E-state index >= 15 is 0 Å². The number of ether oxygens (including phenoxy) is 2. The average molecular weight is 463 g/mol. The first-order chi connectivity index (χ1) is 16.6. The van der Waals surface area contributed by atoms with E-state index < -0.39 is 0 Å². The van der Waals surface area contributed by atoms with Crippen LogP contribution in [-0.4, -0.2) is 22.6 Å². The Hall–Kier alpha value is -4.11. The third kappa shape index (κ3) is 5.10. The van der Waals surface area contributed by atoms with Crippen molar-refractivity contribution in [1.29, 1.82) is 0 Å². The zero-order valence-corrected chi connectivity index (χ0v) is 18.2. The molecule has 0 unspecified atom stereocenters. The molecule has 4 aromatic rings. The van der Waals surface area contributed by atoms with Crippen molar-refractivity contribution in [2.24, 2.45) is 0 Å². The lowest BCUT2D eigenvalue weighted by molar-refractivity contribution is 0.0943. The van der Waals surface area contributed by atoms with Crippen molar-refractivity contribution in [3.63, 3.8) is 0 Å². The average Bonchev–Trinajstić information content (AvgIpc) is 3.61. The Balaban J connectivity index is 1.30. The Morgan fingerprint density at radius 1 is 1.00 bits per heavy atom. The molecule has 0 aliphatic carbocycles. The number of rotatable bonds is 9. The number of carbonyl (C=O) groups excluding carboxylic acids is 1. The zero-order valence-electron chi connectivity index (χ0n) is 18.2. The van der Waals surface area contributed by atoms with Crippen molar-refractivity contribution in [2.45, 2.75) is 26.2 Å². The van der Waals surface area contributed by atoms with Gasteiger partial charge in [0.2, 0.25) is 12.7 Å². The van der Waals surface area contributed by atoms with Crippen LogP contribution in [0, 0.1) is 5.82 Å². The number of benzene rings is 2. The number of fused-ring (bicyclic) bond motifs is 1. The number of nitrogens with zero attached hydrogens (tertiary/aromatic N) is 2. The summed E-state index contributed by atoms with van der Waals surface area (Å²) in [5, 5.41) is 2.73. The molecule has 2 aromatic carbocycles. The summed E-state index contributed by atoms with van der Waals surface area (Å²) in [6.07, 6.45) is 2.86. The third-order valence-electron chi connectivity index (χ3n) is 5.34. The highest BCUT2D eigenvalue weighted by molar-refractivity contribution is 5.91. The van der Waals surface area contributed by atoms with E-state index in [1.54, 1.807) is 36.6 Å². The highest BCUT2D eigenvalue weighted by atomic mass is 19.1. The molecule has 0 radical (unpaired) electrons. The van der Waals surface area contributed by atoms with E-state index in [1.807, 2.05) is 23.1 Å². The van der Waals surface area contributed by atoms with Crippen LogP contribution >= 0.6 is 0 Å². The van der Waals surface area contributed by atoms with Crippen molar-refractivity contribution in [1.82, 2.24) is 15.2 Å². The van der Waals surface area contributed by atoms with Gasteiger partial charge in [-0.05, 0) is 35.9 Å². The molecule has 8 nitrogen and oxygen atoms in total. The van der Waals surface area contributed by atoms with Crippen LogP contribution in [-0.2, 0) is 26.2 Å². The smallest absolute Gasteiger partial charge is 0.273 e. The SMILES string of the molecule is O=C(NCc1ccco1)c1coc(CN(Cc2ccc3c(c2)OCO3)Cc2ccccc2F)n1. The van der Waals surface area contributed by atoms with Crippen LogP contribution in [0.25, 0.3) is 0 Å². The van der Waals surface area contributed by atoms with E-state index in [0.717, 1.165) is 5.56 Å². The maximum absolute atomic E-state index is 14.4. The molecule has 0 saturated carbocycles. The number of carbonyl (C=O) groups is 1. The lowest BCUT2D eigenvalue weighted by atomic mass is 10.1. The van der Waals surface area contributed by atoms with E-state index in [-0.39, 0.29) is 37.3 Å². The van der Waals surface area contributed by atoms with E-state index in [4.69, 9.17) is 18.3 Å². The molecule has 5 rings (SSSR count). The van der Waals surface area contributed by atoms with E-state index in [1.165, 1.54) is 12.3 Å². The van der Waals surface area contributed by atoms with Gasteiger partial charge in [0.15, 0.2) is 17.2 Å². The first kappa shape index (κ1) is 21.7. The first-order valence-corrected chi connectivity index (χ1v) is 10.7. The van der Waals surface area contributed by atoms with Crippen LogP contribution in [0.2, 0.25) is 0 Å². The molecule has 0 fully saturated rings. The second-order valence-corrected chi connectivity index (χ2v) is 7.81. The van der Waals surface area contributed by atoms with Crippen LogP contribution in [0.5, 0.6) is 11.5 Å². The van der Waals surface area contributed by atoms with Gasteiger partial charge >= 0.3 is 0 Å². The fourth-order valence-corrected chi connectivity index (χ4v) is 3.68. The molecule has 0 spiro atoms. The van der Waals surface area contributed by atoms with Gasteiger partial charge in [0.25, 0.3) is 5.91 Å². The molecule has 1 amide bonds. The Bertz CT molecular complexity index is 1270. The van der Waals surface area contributed by atoms with Crippen LogP contribution in [0.4, 0.5) is 4.39 Å². The van der Waals surface area contributed by atoms with Gasteiger partial charge in [-0.15, -0.1) is 0 Å². The summed E-state index contributed by atoms with van der Waals surface area (Å²) in [6, 6.07) is 15.8. The molecule has 3 heterocycles.